The zero-order valence-electron chi connectivity index (χ0n) is 14.5. The van der Waals surface area contributed by atoms with E-state index in [1.807, 2.05) is 0 Å². The number of carbonyl (C=O) groups excluding carboxylic acids is 1. The second-order valence-corrected chi connectivity index (χ2v) is 6.42. The number of nitrogens with one attached hydrogen (secondary N) is 2. The molecule has 1 aliphatic heterocycles. The van der Waals surface area contributed by atoms with Crippen LogP contribution in [0.1, 0.15) is 46.1 Å². The zero-order valence-corrected chi connectivity index (χ0v) is 14.5. The molecule has 0 radical (unpaired) electrons. The van der Waals surface area contributed by atoms with Gasteiger partial charge in [-0.3, -0.25) is 4.79 Å². The molecule has 3 heterocycles. The molecular formula is C18H18F3N3O3. The molecule has 0 bridgehead atoms. The van der Waals surface area contributed by atoms with E-state index in [9.17, 15) is 22.8 Å². The van der Waals surface area contributed by atoms with Gasteiger partial charge in [0, 0.05) is 12.5 Å². The third kappa shape index (κ3) is 4.36. The van der Waals surface area contributed by atoms with Crippen LogP contribution in [-0.2, 0) is 6.18 Å². The van der Waals surface area contributed by atoms with E-state index < -0.39 is 23.4 Å². The maximum Gasteiger partial charge on any atom is 0.433 e. The molecule has 0 aliphatic carbocycles. The number of halogens is 3. The Labute approximate surface area is 152 Å². The third-order valence-corrected chi connectivity index (χ3v) is 4.41. The van der Waals surface area contributed by atoms with Gasteiger partial charge in [-0.15, -0.1) is 0 Å². The van der Waals surface area contributed by atoms with E-state index in [0.29, 0.717) is 17.9 Å². The van der Waals surface area contributed by atoms with Crippen LogP contribution >= 0.6 is 0 Å². The van der Waals surface area contributed by atoms with E-state index in [2.05, 4.69) is 15.6 Å². The summed E-state index contributed by atoms with van der Waals surface area (Å²) in [6.07, 6.45) is -1.82. The minimum atomic E-state index is -4.57. The first kappa shape index (κ1) is 19.1. The van der Waals surface area contributed by atoms with Gasteiger partial charge in [-0.2, -0.15) is 13.2 Å². The minimum absolute atomic E-state index is 0.0485. The topological polar surface area (TPSA) is 84.2 Å². The molecule has 2 aromatic rings. The van der Waals surface area contributed by atoms with Gasteiger partial charge in [-0.05, 0) is 50.1 Å². The second-order valence-electron chi connectivity index (χ2n) is 6.42. The average molecular weight is 381 g/mol. The van der Waals surface area contributed by atoms with E-state index >= 15 is 0 Å². The summed E-state index contributed by atoms with van der Waals surface area (Å²) >= 11 is 0. The number of carbonyl (C=O) groups is 1. The summed E-state index contributed by atoms with van der Waals surface area (Å²) in [7, 11) is 0. The molecule has 2 aromatic heterocycles. The molecule has 144 valence electrons. The lowest BCUT2D eigenvalue weighted by Crippen LogP contribution is -2.30. The van der Waals surface area contributed by atoms with Gasteiger partial charge in [0.15, 0.2) is 0 Å². The molecule has 2 N–H and O–H groups in total. The van der Waals surface area contributed by atoms with Gasteiger partial charge in [-0.1, -0.05) is 0 Å². The van der Waals surface area contributed by atoms with E-state index in [1.165, 1.54) is 0 Å². The Morgan fingerprint density at radius 3 is 2.70 bits per heavy atom. The third-order valence-electron chi connectivity index (χ3n) is 4.41. The molecule has 1 aliphatic rings. The van der Waals surface area contributed by atoms with Crippen LogP contribution in [0.15, 0.2) is 33.6 Å². The number of piperidine rings is 1. The standard InChI is InChI=1S/C18H18F3N3O3/c1-10-7-13(11-3-2-6-22-8-11)27-17(26)15(10)16(25)24-12-4-5-14(23-9-12)18(19,20)21/h4-5,7,9,11,22H,2-3,6,8H2,1H3,(H,24,25). The van der Waals surface area contributed by atoms with Crippen molar-refractivity contribution in [2.75, 3.05) is 18.4 Å². The number of alkyl halides is 3. The molecule has 0 aromatic carbocycles. The molecule has 0 spiro atoms. The van der Waals surface area contributed by atoms with Gasteiger partial charge in [0.1, 0.15) is 17.0 Å². The van der Waals surface area contributed by atoms with Gasteiger partial charge in [0.05, 0.1) is 11.9 Å². The number of aromatic nitrogens is 1. The summed E-state index contributed by atoms with van der Waals surface area (Å²) in [5.41, 5.74) is -1.52. The van der Waals surface area contributed by atoms with Crippen LogP contribution in [0.4, 0.5) is 18.9 Å². The number of hydrogen-bond donors (Lipinski definition) is 2. The molecule has 27 heavy (non-hydrogen) atoms. The highest BCUT2D eigenvalue weighted by atomic mass is 19.4. The van der Waals surface area contributed by atoms with Gasteiger partial charge < -0.3 is 15.1 Å². The SMILES string of the molecule is Cc1cc(C2CCCNC2)oc(=O)c1C(=O)Nc1ccc(C(F)(F)F)nc1. The monoisotopic (exact) mass is 381 g/mol. The number of amides is 1. The Morgan fingerprint density at radius 1 is 1.37 bits per heavy atom. The fourth-order valence-electron chi connectivity index (χ4n) is 3.03. The Kier molecular flexibility index (Phi) is 5.31. The Hall–Kier alpha value is -2.68. The lowest BCUT2D eigenvalue weighted by atomic mass is 9.95. The lowest BCUT2D eigenvalue weighted by Gasteiger charge is -2.22. The summed E-state index contributed by atoms with van der Waals surface area (Å²) in [6, 6.07) is 3.50. The normalized spacial score (nSPS) is 17.6. The second kappa shape index (κ2) is 7.51. The van der Waals surface area contributed by atoms with E-state index in [4.69, 9.17) is 4.42 Å². The average Bonchev–Trinajstić information content (AvgIpc) is 2.61. The van der Waals surface area contributed by atoms with Crippen LogP contribution in [0.5, 0.6) is 0 Å². The molecule has 1 amide bonds. The van der Waals surface area contributed by atoms with Crippen molar-refractivity contribution in [3.63, 3.8) is 0 Å². The molecule has 3 rings (SSSR count). The van der Waals surface area contributed by atoms with Crippen molar-refractivity contribution in [2.45, 2.75) is 31.9 Å². The zero-order chi connectivity index (χ0) is 19.6. The predicted octanol–water partition coefficient (Wildman–Crippen LogP) is 3.08. The molecular weight excluding hydrogens is 363 g/mol. The maximum absolute atomic E-state index is 12.5. The first-order valence-electron chi connectivity index (χ1n) is 8.45. The molecule has 1 atom stereocenters. The minimum Gasteiger partial charge on any atom is -0.427 e. The van der Waals surface area contributed by atoms with Crippen LogP contribution in [0.25, 0.3) is 0 Å². The van der Waals surface area contributed by atoms with Crippen LogP contribution in [0, 0.1) is 6.92 Å². The fraction of sp³-hybridized carbons (Fsp3) is 0.389. The van der Waals surface area contributed by atoms with Crippen LogP contribution in [0.2, 0.25) is 0 Å². The number of anilines is 1. The molecule has 1 unspecified atom stereocenters. The molecule has 1 fully saturated rings. The molecule has 0 saturated carbocycles. The summed E-state index contributed by atoms with van der Waals surface area (Å²) in [5.74, 6) is -0.157. The van der Waals surface area contributed by atoms with E-state index in [0.717, 1.165) is 37.7 Å². The highest BCUT2D eigenvalue weighted by molar-refractivity contribution is 6.04. The molecule has 6 nitrogen and oxygen atoms in total. The van der Waals surface area contributed by atoms with Crippen molar-refractivity contribution in [1.29, 1.82) is 0 Å². The lowest BCUT2D eigenvalue weighted by molar-refractivity contribution is -0.141. The van der Waals surface area contributed by atoms with Gasteiger partial charge >= 0.3 is 11.8 Å². The van der Waals surface area contributed by atoms with Gasteiger partial charge in [0.2, 0.25) is 0 Å². The Morgan fingerprint density at radius 2 is 2.15 bits per heavy atom. The number of hydrogen-bond acceptors (Lipinski definition) is 5. The van der Waals surface area contributed by atoms with Crippen molar-refractivity contribution >= 4 is 11.6 Å². The Bertz CT molecular complexity index is 885. The van der Waals surface area contributed by atoms with Crippen molar-refractivity contribution in [3.05, 3.63) is 57.4 Å². The maximum atomic E-state index is 12.5. The van der Waals surface area contributed by atoms with Crippen molar-refractivity contribution < 1.29 is 22.4 Å². The van der Waals surface area contributed by atoms with E-state index in [1.54, 1.807) is 13.0 Å². The predicted molar refractivity (Wildman–Crippen MR) is 91.8 cm³/mol. The first-order chi connectivity index (χ1) is 12.8. The highest BCUT2D eigenvalue weighted by Gasteiger charge is 2.32. The number of nitrogens with zero attached hydrogens (tertiary/aromatic N) is 1. The summed E-state index contributed by atoms with van der Waals surface area (Å²) in [4.78, 5) is 28.0. The van der Waals surface area contributed by atoms with Crippen LogP contribution in [-0.4, -0.2) is 24.0 Å². The van der Waals surface area contributed by atoms with Crippen LogP contribution in [0.3, 0.4) is 0 Å². The van der Waals surface area contributed by atoms with Crippen molar-refractivity contribution in [1.82, 2.24) is 10.3 Å². The number of rotatable bonds is 3. The first-order valence-corrected chi connectivity index (χ1v) is 8.45. The molecule has 1 saturated heterocycles. The van der Waals surface area contributed by atoms with Gasteiger partial charge in [0.25, 0.3) is 5.91 Å². The van der Waals surface area contributed by atoms with Crippen molar-refractivity contribution in [3.8, 4) is 0 Å². The fourth-order valence-corrected chi connectivity index (χ4v) is 3.03. The number of aryl methyl sites for hydroxylation is 1. The van der Waals surface area contributed by atoms with E-state index in [-0.39, 0.29) is 17.2 Å². The Balaban J connectivity index is 1.79. The summed E-state index contributed by atoms with van der Waals surface area (Å²) in [5, 5.41) is 5.61. The largest absolute Gasteiger partial charge is 0.433 e. The summed E-state index contributed by atoms with van der Waals surface area (Å²) in [6.45, 7) is 3.24. The van der Waals surface area contributed by atoms with Crippen LogP contribution < -0.4 is 16.3 Å². The van der Waals surface area contributed by atoms with Crippen molar-refractivity contribution in [2.24, 2.45) is 0 Å². The highest BCUT2D eigenvalue weighted by Crippen LogP contribution is 2.28. The van der Waals surface area contributed by atoms with Gasteiger partial charge in [-0.25, -0.2) is 9.78 Å². The summed E-state index contributed by atoms with van der Waals surface area (Å²) < 4.78 is 42.9. The quantitative estimate of drug-likeness (QED) is 0.854. The smallest absolute Gasteiger partial charge is 0.427 e. The molecule has 9 heteroatoms. The number of pyridine rings is 1.